The first-order chi connectivity index (χ1) is 17.9. The number of allylic oxidation sites excluding steroid dienone is 1. The molecule has 37 heavy (non-hydrogen) atoms. The highest BCUT2D eigenvalue weighted by Gasteiger charge is 2.22. The Morgan fingerprint density at radius 3 is 2.11 bits per heavy atom. The van der Waals surface area contributed by atoms with E-state index in [0.29, 0.717) is 5.75 Å². The molecule has 1 unspecified atom stereocenters. The van der Waals surface area contributed by atoms with Crippen molar-refractivity contribution >= 4 is 11.1 Å². The molecule has 0 radical (unpaired) electrons. The van der Waals surface area contributed by atoms with Crippen molar-refractivity contribution in [3.63, 3.8) is 0 Å². The molecule has 4 rings (SSSR count). The third-order valence-electron chi connectivity index (χ3n) is 7.32. The molecule has 0 aromatic heterocycles. The fourth-order valence-electron chi connectivity index (χ4n) is 5.43. The predicted octanol–water partition coefficient (Wildman–Crippen LogP) is 9.27. The SMILES string of the molecule is CCC.CCCC(CC)Cc1ccc(C2=C(c3ccc(C)cc3O)CCCc3cc(CO)ccc32)cc1. The Morgan fingerprint density at radius 2 is 1.49 bits per heavy atom. The summed E-state index contributed by atoms with van der Waals surface area (Å²) in [6.07, 6.45) is 9.01. The van der Waals surface area contributed by atoms with Gasteiger partial charge in [0.05, 0.1) is 6.61 Å². The van der Waals surface area contributed by atoms with Crippen LogP contribution in [0.4, 0.5) is 0 Å². The zero-order chi connectivity index (χ0) is 26.8. The van der Waals surface area contributed by atoms with Crippen molar-refractivity contribution in [2.45, 2.75) is 92.6 Å². The van der Waals surface area contributed by atoms with Crippen LogP contribution < -0.4 is 0 Å². The lowest BCUT2D eigenvalue weighted by atomic mass is 9.86. The molecular weight excluding hydrogens is 452 g/mol. The van der Waals surface area contributed by atoms with Gasteiger partial charge < -0.3 is 10.2 Å². The van der Waals surface area contributed by atoms with E-state index in [2.05, 4.69) is 76.2 Å². The van der Waals surface area contributed by atoms with E-state index in [0.717, 1.165) is 48.3 Å². The molecule has 0 saturated carbocycles. The third-order valence-corrected chi connectivity index (χ3v) is 7.32. The lowest BCUT2D eigenvalue weighted by Gasteiger charge is -2.19. The van der Waals surface area contributed by atoms with Gasteiger partial charge in [0.2, 0.25) is 0 Å². The molecule has 2 heteroatoms. The Morgan fingerprint density at radius 1 is 0.811 bits per heavy atom. The quantitative estimate of drug-likeness (QED) is 0.325. The fourth-order valence-corrected chi connectivity index (χ4v) is 5.43. The number of aliphatic hydroxyl groups is 1. The van der Waals surface area contributed by atoms with Gasteiger partial charge in [0.15, 0.2) is 0 Å². The average molecular weight is 499 g/mol. The van der Waals surface area contributed by atoms with Crippen molar-refractivity contribution in [1.29, 1.82) is 0 Å². The number of rotatable bonds is 8. The minimum absolute atomic E-state index is 0.0585. The molecule has 198 valence electrons. The molecule has 0 bridgehead atoms. The van der Waals surface area contributed by atoms with Crippen LogP contribution in [0.1, 0.15) is 105 Å². The fraction of sp³-hybridized carbons (Fsp3) is 0.429. The number of aliphatic hydroxyl groups excluding tert-OH is 1. The number of fused-ring (bicyclic) bond motifs is 1. The molecule has 1 aliphatic rings. The molecule has 0 spiro atoms. The van der Waals surface area contributed by atoms with E-state index in [4.69, 9.17) is 0 Å². The molecule has 3 aromatic carbocycles. The average Bonchev–Trinajstić information content (AvgIpc) is 3.08. The maximum Gasteiger partial charge on any atom is 0.123 e. The minimum Gasteiger partial charge on any atom is -0.507 e. The highest BCUT2D eigenvalue weighted by molar-refractivity contribution is 6.00. The zero-order valence-corrected chi connectivity index (χ0v) is 23.6. The first kappa shape index (κ1) is 28.7. The minimum atomic E-state index is 0.0585. The Hall–Kier alpha value is -2.84. The number of phenolic OH excluding ortho intramolecular Hbond substituents is 1. The third kappa shape index (κ3) is 7.36. The van der Waals surface area contributed by atoms with Gasteiger partial charge in [0.1, 0.15) is 5.75 Å². The van der Waals surface area contributed by atoms with Gasteiger partial charge in [-0.25, -0.2) is 0 Å². The van der Waals surface area contributed by atoms with Gasteiger partial charge in [-0.2, -0.15) is 0 Å². The monoisotopic (exact) mass is 498 g/mol. The molecule has 2 nitrogen and oxygen atoms in total. The maximum absolute atomic E-state index is 10.9. The first-order valence-corrected chi connectivity index (χ1v) is 14.3. The summed E-state index contributed by atoms with van der Waals surface area (Å²) in [5.41, 5.74) is 10.5. The van der Waals surface area contributed by atoms with E-state index in [-0.39, 0.29) is 6.61 Å². The van der Waals surface area contributed by atoms with Gasteiger partial charge in [0.25, 0.3) is 0 Å². The maximum atomic E-state index is 10.9. The Kier molecular flexibility index (Phi) is 11.0. The molecule has 1 atom stereocenters. The molecular formula is C35H46O2. The second-order valence-corrected chi connectivity index (χ2v) is 10.5. The summed E-state index contributed by atoms with van der Waals surface area (Å²) >= 11 is 0. The van der Waals surface area contributed by atoms with Crippen LogP contribution in [0.3, 0.4) is 0 Å². The van der Waals surface area contributed by atoms with Gasteiger partial charge in [0, 0.05) is 5.56 Å². The summed E-state index contributed by atoms with van der Waals surface area (Å²) < 4.78 is 0. The van der Waals surface area contributed by atoms with E-state index in [1.54, 1.807) is 0 Å². The normalized spacial score (nSPS) is 13.9. The van der Waals surface area contributed by atoms with Crippen LogP contribution >= 0.6 is 0 Å². The van der Waals surface area contributed by atoms with Gasteiger partial charge in [-0.3, -0.25) is 0 Å². The molecule has 0 saturated heterocycles. The van der Waals surface area contributed by atoms with Crippen LogP contribution in [-0.2, 0) is 19.4 Å². The topological polar surface area (TPSA) is 40.5 Å². The van der Waals surface area contributed by atoms with E-state index in [1.807, 2.05) is 19.1 Å². The van der Waals surface area contributed by atoms with Crippen molar-refractivity contribution in [3.8, 4) is 5.75 Å². The Labute approximate surface area is 225 Å². The van der Waals surface area contributed by atoms with Crippen LogP contribution in [0, 0.1) is 12.8 Å². The molecule has 1 aliphatic carbocycles. The lowest BCUT2D eigenvalue weighted by molar-refractivity contribution is 0.281. The second kappa shape index (κ2) is 14.2. The van der Waals surface area contributed by atoms with Crippen molar-refractivity contribution in [2.24, 2.45) is 5.92 Å². The van der Waals surface area contributed by atoms with Crippen molar-refractivity contribution in [3.05, 3.63) is 99.6 Å². The van der Waals surface area contributed by atoms with Gasteiger partial charge in [-0.1, -0.05) is 108 Å². The van der Waals surface area contributed by atoms with Gasteiger partial charge in [-0.05, 0) is 89.1 Å². The molecule has 3 aromatic rings. The van der Waals surface area contributed by atoms with Gasteiger partial charge in [-0.15, -0.1) is 0 Å². The number of hydrogen-bond acceptors (Lipinski definition) is 2. The molecule has 0 amide bonds. The highest BCUT2D eigenvalue weighted by atomic mass is 16.3. The van der Waals surface area contributed by atoms with Crippen molar-refractivity contribution < 1.29 is 10.2 Å². The summed E-state index contributed by atoms with van der Waals surface area (Å²) in [5, 5.41) is 20.6. The van der Waals surface area contributed by atoms with Crippen LogP contribution in [0.2, 0.25) is 0 Å². The number of aromatic hydroxyl groups is 1. The summed E-state index contributed by atoms with van der Waals surface area (Å²) in [7, 11) is 0. The van der Waals surface area contributed by atoms with Gasteiger partial charge >= 0.3 is 0 Å². The summed E-state index contributed by atoms with van der Waals surface area (Å²) in [6, 6.07) is 21.5. The standard InChI is InChI=1S/C32H38O2.C3H8/c1-4-7-23(5-2)19-24-11-14-26(15-12-24)32-28-17-13-25(21-33)20-27(28)8-6-9-30(32)29-16-10-22(3)18-31(29)34;1-3-2/h10-18,20,23,33-34H,4-9,19,21H2,1-3H3;3H2,1-2H3. The Bertz CT molecular complexity index is 1170. The van der Waals surface area contributed by atoms with Crippen LogP contribution in [0.25, 0.3) is 11.1 Å². The van der Waals surface area contributed by atoms with E-state index >= 15 is 0 Å². The van der Waals surface area contributed by atoms with E-state index in [1.165, 1.54) is 59.1 Å². The van der Waals surface area contributed by atoms with E-state index in [9.17, 15) is 10.2 Å². The molecule has 0 aliphatic heterocycles. The smallest absolute Gasteiger partial charge is 0.123 e. The largest absolute Gasteiger partial charge is 0.507 e. The van der Waals surface area contributed by atoms with E-state index < -0.39 is 0 Å². The molecule has 2 N–H and O–H groups in total. The molecule has 0 heterocycles. The lowest BCUT2D eigenvalue weighted by Crippen LogP contribution is -2.03. The zero-order valence-electron chi connectivity index (χ0n) is 23.6. The number of aryl methyl sites for hydroxylation is 2. The number of benzene rings is 3. The summed E-state index contributed by atoms with van der Waals surface area (Å²) in [4.78, 5) is 0. The number of hydrogen-bond donors (Lipinski definition) is 2. The van der Waals surface area contributed by atoms with Crippen LogP contribution in [-0.4, -0.2) is 10.2 Å². The van der Waals surface area contributed by atoms with Crippen molar-refractivity contribution in [1.82, 2.24) is 0 Å². The van der Waals surface area contributed by atoms with Crippen molar-refractivity contribution in [2.75, 3.05) is 0 Å². The van der Waals surface area contributed by atoms with Crippen LogP contribution in [0.15, 0.2) is 60.7 Å². The highest BCUT2D eigenvalue weighted by Crippen LogP contribution is 2.42. The molecule has 0 fully saturated rings. The summed E-state index contributed by atoms with van der Waals surface area (Å²) in [6.45, 7) is 10.9. The second-order valence-electron chi connectivity index (χ2n) is 10.5. The van der Waals surface area contributed by atoms with Crippen LogP contribution in [0.5, 0.6) is 5.75 Å². The Balaban J connectivity index is 0.00000121. The predicted molar refractivity (Wildman–Crippen MR) is 159 cm³/mol. The first-order valence-electron chi connectivity index (χ1n) is 14.3. The summed E-state index contributed by atoms with van der Waals surface area (Å²) in [5.74, 6) is 1.09. The number of phenols is 1.